The molecule has 0 radical (unpaired) electrons. The summed E-state index contributed by atoms with van der Waals surface area (Å²) < 4.78 is 0. The van der Waals surface area contributed by atoms with Crippen LogP contribution < -0.4 is 10.1 Å². The summed E-state index contributed by atoms with van der Waals surface area (Å²) in [5.74, 6) is -1.73. The fourth-order valence-electron chi connectivity index (χ4n) is 6.18. The van der Waals surface area contributed by atoms with Crippen molar-refractivity contribution in [1.29, 1.82) is 0 Å². The summed E-state index contributed by atoms with van der Waals surface area (Å²) in [5.41, 5.74) is 4.15. The highest BCUT2D eigenvalue weighted by molar-refractivity contribution is 6.23. The van der Waals surface area contributed by atoms with Crippen LogP contribution in [0.1, 0.15) is 35.1 Å². The second-order valence-electron chi connectivity index (χ2n) is 8.73. The Morgan fingerprint density at radius 2 is 1.52 bits per heavy atom. The van der Waals surface area contributed by atoms with Crippen LogP contribution in [0.15, 0.2) is 72.8 Å². The Labute approximate surface area is 178 Å². The van der Waals surface area contributed by atoms with Crippen LogP contribution >= 0.6 is 0 Å². The SMILES string of the molecule is CC12c3ccccc3C(c3ccccc31)C1C(=O)N(c3cccc([NH+]([O-])O)c3)C(=O)C12. The van der Waals surface area contributed by atoms with Crippen molar-refractivity contribution in [3.63, 3.8) is 0 Å². The highest BCUT2D eigenvalue weighted by Gasteiger charge is 2.66. The first-order chi connectivity index (χ1) is 14.9. The van der Waals surface area contributed by atoms with Crippen LogP contribution in [0, 0.1) is 17.0 Å². The van der Waals surface area contributed by atoms with Gasteiger partial charge in [-0.1, -0.05) is 61.5 Å². The van der Waals surface area contributed by atoms with Crippen molar-refractivity contribution in [2.24, 2.45) is 11.8 Å². The zero-order chi connectivity index (χ0) is 21.5. The number of carbonyl (C=O) groups is 2. The van der Waals surface area contributed by atoms with Gasteiger partial charge in [-0.05, 0) is 28.3 Å². The maximum absolute atomic E-state index is 13.8. The molecule has 0 saturated carbocycles. The molecule has 7 rings (SSSR count). The van der Waals surface area contributed by atoms with Crippen LogP contribution in [0.2, 0.25) is 0 Å². The topological polar surface area (TPSA) is 85.1 Å². The van der Waals surface area contributed by atoms with Gasteiger partial charge in [0.1, 0.15) is 0 Å². The minimum atomic E-state index is -1.09. The summed E-state index contributed by atoms with van der Waals surface area (Å²) in [6.45, 7) is 2.07. The van der Waals surface area contributed by atoms with Crippen LogP contribution in [0.3, 0.4) is 0 Å². The van der Waals surface area contributed by atoms with Gasteiger partial charge >= 0.3 is 0 Å². The molecular weight excluding hydrogens is 392 g/mol. The van der Waals surface area contributed by atoms with Crippen molar-refractivity contribution in [2.75, 3.05) is 4.90 Å². The molecule has 154 valence electrons. The molecule has 3 aromatic rings. The van der Waals surface area contributed by atoms with Crippen LogP contribution in [-0.4, -0.2) is 17.0 Å². The Morgan fingerprint density at radius 1 is 0.903 bits per heavy atom. The average Bonchev–Trinajstić information content (AvgIpc) is 3.06. The Hall–Kier alpha value is -3.32. The molecule has 3 aliphatic carbocycles. The van der Waals surface area contributed by atoms with Crippen LogP contribution in [0.5, 0.6) is 0 Å². The van der Waals surface area contributed by atoms with E-state index in [0.29, 0.717) is 5.69 Å². The van der Waals surface area contributed by atoms with Crippen LogP contribution in [0.25, 0.3) is 0 Å². The van der Waals surface area contributed by atoms with E-state index >= 15 is 0 Å². The first-order valence-electron chi connectivity index (χ1n) is 10.3. The van der Waals surface area contributed by atoms with E-state index < -0.39 is 22.5 Å². The van der Waals surface area contributed by atoms with Crippen molar-refractivity contribution >= 4 is 23.2 Å². The predicted molar refractivity (Wildman–Crippen MR) is 113 cm³/mol. The van der Waals surface area contributed by atoms with E-state index in [2.05, 4.69) is 31.2 Å². The molecule has 31 heavy (non-hydrogen) atoms. The van der Waals surface area contributed by atoms with Gasteiger partial charge in [-0.25, -0.2) is 10.1 Å². The normalized spacial score (nSPS) is 28.9. The third kappa shape index (κ3) is 2.16. The summed E-state index contributed by atoms with van der Waals surface area (Å²) >= 11 is 0. The first kappa shape index (κ1) is 18.4. The molecule has 3 unspecified atom stereocenters. The molecule has 0 aromatic heterocycles. The number of carbonyl (C=O) groups excluding carboxylic acids is 2. The van der Waals surface area contributed by atoms with Crippen LogP contribution in [0.4, 0.5) is 11.4 Å². The number of quaternary nitrogens is 1. The highest BCUT2D eigenvalue weighted by atomic mass is 16.8. The average molecular weight is 412 g/mol. The minimum absolute atomic E-state index is 0.0497. The summed E-state index contributed by atoms with van der Waals surface area (Å²) in [4.78, 5) is 28.8. The van der Waals surface area contributed by atoms with Gasteiger partial charge in [0.15, 0.2) is 5.69 Å². The summed E-state index contributed by atoms with van der Waals surface area (Å²) in [6, 6.07) is 22.3. The standard InChI is InChI=1S/C25H20N2O4/c1-25-18-11-4-2-9-16(18)20(17-10-3-5-12-19(17)25)21-22(25)24(29)26(23(21)28)14-7-6-8-15(13-14)27(30)31/h2-13,20-22,27,30H,1H3. The molecule has 2 N–H and O–H groups in total. The van der Waals surface area contributed by atoms with Crippen molar-refractivity contribution < 1.29 is 20.0 Å². The molecule has 3 atom stereocenters. The largest absolute Gasteiger partial charge is 0.595 e. The number of rotatable bonds is 2. The summed E-state index contributed by atoms with van der Waals surface area (Å²) in [5, 5.41) is 19.7. The van der Waals surface area contributed by atoms with E-state index in [4.69, 9.17) is 0 Å². The Balaban J connectivity index is 1.58. The molecule has 1 aliphatic heterocycles. The predicted octanol–water partition coefficient (Wildman–Crippen LogP) is 2.66. The summed E-state index contributed by atoms with van der Waals surface area (Å²) in [7, 11) is 0. The first-order valence-corrected chi connectivity index (χ1v) is 10.3. The fourth-order valence-corrected chi connectivity index (χ4v) is 6.18. The molecule has 1 saturated heterocycles. The number of nitrogens with one attached hydrogen (secondary N) is 1. The highest BCUT2D eigenvalue weighted by Crippen LogP contribution is 2.64. The molecule has 3 aromatic carbocycles. The van der Waals surface area contributed by atoms with E-state index in [1.807, 2.05) is 24.3 Å². The molecule has 6 heteroatoms. The summed E-state index contributed by atoms with van der Waals surface area (Å²) in [6.07, 6.45) is 0. The maximum Gasteiger partial charge on any atom is 0.238 e. The van der Waals surface area contributed by atoms with Crippen molar-refractivity contribution in [3.8, 4) is 0 Å². The number of hydrogen-bond acceptors (Lipinski definition) is 4. The number of benzene rings is 3. The lowest BCUT2D eigenvalue weighted by Crippen LogP contribution is -2.99. The number of nitrogens with zero attached hydrogens (tertiary/aromatic N) is 1. The number of anilines is 1. The monoisotopic (exact) mass is 412 g/mol. The van der Waals surface area contributed by atoms with Gasteiger partial charge in [0.05, 0.1) is 17.5 Å². The fraction of sp³-hybridized carbons (Fsp3) is 0.200. The Bertz CT molecular complexity index is 1220. The third-order valence-corrected chi connectivity index (χ3v) is 7.39. The van der Waals surface area contributed by atoms with Gasteiger partial charge in [0, 0.05) is 23.5 Å². The zero-order valence-electron chi connectivity index (χ0n) is 16.8. The van der Waals surface area contributed by atoms with E-state index in [0.717, 1.165) is 22.3 Å². The van der Waals surface area contributed by atoms with Crippen molar-refractivity contribution in [3.05, 3.63) is 100 Å². The minimum Gasteiger partial charge on any atom is -0.595 e. The third-order valence-electron chi connectivity index (χ3n) is 7.39. The van der Waals surface area contributed by atoms with Gasteiger partial charge in [0.2, 0.25) is 11.8 Å². The van der Waals surface area contributed by atoms with Crippen molar-refractivity contribution in [2.45, 2.75) is 18.3 Å². The molecule has 1 fully saturated rings. The zero-order valence-corrected chi connectivity index (χ0v) is 16.8. The second-order valence-corrected chi connectivity index (χ2v) is 8.73. The van der Waals surface area contributed by atoms with E-state index in [9.17, 15) is 20.0 Å². The smallest absolute Gasteiger partial charge is 0.238 e. The van der Waals surface area contributed by atoms with Gasteiger partial charge in [0.25, 0.3) is 0 Å². The van der Waals surface area contributed by atoms with Gasteiger partial charge in [-0.3, -0.25) is 9.59 Å². The maximum atomic E-state index is 13.8. The van der Waals surface area contributed by atoms with E-state index in [1.54, 1.807) is 12.1 Å². The lowest BCUT2D eigenvalue weighted by molar-refractivity contribution is -0.991. The second kappa shape index (κ2) is 6.11. The van der Waals surface area contributed by atoms with Crippen LogP contribution in [-0.2, 0) is 15.0 Å². The lowest BCUT2D eigenvalue weighted by Gasteiger charge is -2.52. The van der Waals surface area contributed by atoms with Gasteiger partial charge < -0.3 is 5.21 Å². The Morgan fingerprint density at radius 3 is 2.13 bits per heavy atom. The molecular formula is C25H20N2O4. The molecule has 2 amide bonds. The lowest BCUT2D eigenvalue weighted by atomic mass is 9.48. The molecule has 4 aliphatic rings. The van der Waals surface area contributed by atoms with Gasteiger partial charge in [-0.2, -0.15) is 5.23 Å². The quantitative estimate of drug-likeness (QED) is 0.501. The number of imide groups is 1. The molecule has 6 nitrogen and oxygen atoms in total. The Kier molecular flexibility index (Phi) is 3.63. The molecule has 2 bridgehead atoms. The van der Waals surface area contributed by atoms with Gasteiger partial charge in [-0.15, -0.1) is 0 Å². The number of amides is 2. The van der Waals surface area contributed by atoms with E-state index in [-0.39, 0.29) is 23.4 Å². The van der Waals surface area contributed by atoms with Crippen molar-refractivity contribution in [1.82, 2.24) is 0 Å². The molecule has 0 spiro atoms. The van der Waals surface area contributed by atoms with E-state index in [1.165, 1.54) is 17.0 Å². The molecule has 1 heterocycles. The number of hydrogen-bond donors (Lipinski definition) is 2.